The lowest BCUT2D eigenvalue weighted by molar-refractivity contribution is 0.0883. The highest BCUT2D eigenvalue weighted by Gasteiger charge is 2.15. The Kier molecular flexibility index (Phi) is 3.23. The zero-order valence-corrected chi connectivity index (χ0v) is 9.36. The molecule has 1 saturated heterocycles. The summed E-state index contributed by atoms with van der Waals surface area (Å²) in [5, 5.41) is 0. The Bertz CT molecular complexity index is 319. The molecule has 1 atom stereocenters. The Morgan fingerprint density at radius 3 is 3.00 bits per heavy atom. The van der Waals surface area contributed by atoms with Gasteiger partial charge >= 0.3 is 0 Å². The van der Waals surface area contributed by atoms with E-state index >= 15 is 0 Å². The van der Waals surface area contributed by atoms with Crippen LogP contribution in [0.5, 0.6) is 0 Å². The Morgan fingerprint density at radius 1 is 1.47 bits per heavy atom. The van der Waals surface area contributed by atoms with E-state index in [1.165, 1.54) is 11.3 Å². The molecule has 0 amide bonds. The first-order valence-electron chi connectivity index (χ1n) is 5.39. The van der Waals surface area contributed by atoms with Crippen molar-refractivity contribution in [3.05, 3.63) is 29.8 Å². The maximum atomic E-state index is 5.15. The zero-order chi connectivity index (χ0) is 10.7. The summed E-state index contributed by atoms with van der Waals surface area (Å²) >= 11 is 0. The van der Waals surface area contributed by atoms with Crippen LogP contribution >= 0.6 is 0 Å². The van der Waals surface area contributed by atoms with E-state index in [4.69, 9.17) is 4.84 Å². The summed E-state index contributed by atoms with van der Waals surface area (Å²) in [5.41, 5.74) is 5.66. The Hall–Kier alpha value is -1.06. The van der Waals surface area contributed by atoms with Crippen molar-refractivity contribution in [2.45, 2.75) is 18.9 Å². The highest BCUT2D eigenvalue weighted by molar-refractivity contribution is 5.47. The van der Waals surface area contributed by atoms with E-state index in [1.54, 1.807) is 0 Å². The number of hydrogen-bond acceptors (Lipinski definition) is 3. The van der Waals surface area contributed by atoms with Crippen molar-refractivity contribution in [1.82, 2.24) is 5.48 Å². The predicted octanol–water partition coefficient (Wildman–Crippen LogP) is 1.59. The molecular formula is C12H18N2O. The first kappa shape index (κ1) is 10.5. The van der Waals surface area contributed by atoms with E-state index in [0.717, 1.165) is 19.4 Å². The topological polar surface area (TPSA) is 24.5 Å². The lowest BCUT2D eigenvalue weighted by atomic mass is 10.0. The Balaban J connectivity index is 2.04. The molecule has 1 heterocycles. The van der Waals surface area contributed by atoms with E-state index in [2.05, 4.69) is 48.7 Å². The minimum Gasteiger partial charge on any atom is -0.378 e. The molecule has 1 N–H and O–H groups in total. The average molecular weight is 206 g/mol. The number of benzene rings is 1. The summed E-state index contributed by atoms with van der Waals surface area (Å²) < 4.78 is 0. The van der Waals surface area contributed by atoms with Gasteiger partial charge in [-0.1, -0.05) is 12.1 Å². The summed E-state index contributed by atoms with van der Waals surface area (Å²) in [6.07, 6.45) is 2.15. The van der Waals surface area contributed by atoms with Crippen molar-refractivity contribution >= 4 is 5.69 Å². The van der Waals surface area contributed by atoms with Gasteiger partial charge in [-0.25, -0.2) is 0 Å². The van der Waals surface area contributed by atoms with Crippen LogP contribution in [-0.4, -0.2) is 26.7 Å². The minimum absolute atomic E-state index is 0.474. The van der Waals surface area contributed by atoms with Crippen LogP contribution in [-0.2, 0) is 11.3 Å². The summed E-state index contributed by atoms with van der Waals surface area (Å²) in [7, 11) is 4.13. The second-order valence-corrected chi connectivity index (χ2v) is 4.22. The fourth-order valence-corrected chi connectivity index (χ4v) is 1.83. The lowest BCUT2D eigenvalue weighted by Crippen LogP contribution is -2.22. The van der Waals surface area contributed by atoms with Gasteiger partial charge in [0, 0.05) is 25.8 Å². The number of nitrogens with zero attached hydrogens (tertiary/aromatic N) is 1. The van der Waals surface area contributed by atoms with E-state index in [0.29, 0.717) is 6.04 Å². The van der Waals surface area contributed by atoms with Crippen LogP contribution in [0, 0.1) is 0 Å². The summed E-state index contributed by atoms with van der Waals surface area (Å²) in [6, 6.07) is 9.12. The molecule has 82 valence electrons. The number of hydroxylamine groups is 1. The molecule has 1 fully saturated rings. The van der Waals surface area contributed by atoms with Gasteiger partial charge in [0.1, 0.15) is 0 Å². The van der Waals surface area contributed by atoms with Crippen LogP contribution in [0.25, 0.3) is 0 Å². The third-order valence-electron chi connectivity index (χ3n) is 2.73. The standard InChI is InChI=1S/C12H18N2O/c1-14(2)12-5-3-4-10(9-12)8-11-6-7-15-13-11/h3-5,9,11,13H,6-8H2,1-2H3/t11-/m1/s1. The molecule has 1 aromatic rings. The van der Waals surface area contributed by atoms with Crippen LogP contribution in [0.1, 0.15) is 12.0 Å². The highest BCUT2D eigenvalue weighted by Crippen LogP contribution is 2.16. The van der Waals surface area contributed by atoms with Crippen LogP contribution in [0.2, 0.25) is 0 Å². The second kappa shape index (κ2) is 4.64. The van der Waals surface area contributed by atoms with Gasteiger partial charge in [0.25, 0.3) is 0 Å². The first-order chi connectivity index (χ1) is 7.25. The highest BCUT2D eigenvalue weighted by atomic mass is 16.7. The SMILES string of the molecule is CN(C)c1cccc(C[C@H]2CCON2)c1. The van der Waals surface area contributed by atoms with E-state index in [-0.39, 0.29) is 0 Å². The Labute approximate surface area is 91.0 Å². The van der Waals surface area contributed by atoms with E-state index in [1.807, 2.05) is 0 Å². The molecule has 0 aromatic heterocycles. The Morgan fingerprint density at radius 2 is 2.33 bits per heavy atom. The molecule has 2 rings (SSSR count). The molecule has 1 aliphatic heterocycles. The number of hydrogen-bond donors (Lipinski definition) is 1. The second-order valence-electron chi connectivity index (χ2n) is 4.22. The van der Waals surface area contributed by atoms with Crippen molar-refractivity contribution in [2.24, 2.45) is 0 Å². The minimum atomic E-state index is 0.474. The van der Waals surface area contributed by atoms with Crippen molar-refractivity contribution in [3.63, 3.8) is 0 Å². The molecular weight excluding hydrogens is 188 g/mol. The number of rotatable bonds is 3. The van der Waals surface area contributed by atoms with Crippen molar-refractivity contribution in [3.8, 4) is 0 Å². The molecule has 3 nitrogen and oxygen atoms in total. The average Bonchev–Trinajstić information content (AvgIpc) is 2.71. The van der Waals surface area contributed by atoms with Crippen LogP contribution in [0.15, 0.2) is 24.3 Å². The fraction of sp³-hybridized carbons (Fsp3) is 0.500. The largest absolute Gasteiger partial charge is 0.378 e. The number of nitrogens with one attached hydrogen (secondary N) is 1. The summed E-state index contributed by atoms with van der Waals surface area (Å²) in [5.74, 6) is 0. The fourth-order valence-electron chi connectivity index (χ4n) is 1.83. The van der Waals surface area contributed by atoms with Gasteiger partial charge in [-0.15, -0.1) is 0 Å². The maximum absolute atomic E-state index is 5.15. The lowest BCUT2D eigenvalue weighted by Gasteiger charge is -2.14. The van der Waals surface area contributed by atoms with E-state index in [9.17, 15) is 0 Å². The van der Waals surface area contributed by atoms with Gasteiger partial charge < -0.3 is 9.74 Å². The third kappa shape index (κ3) is 2.70. The van der Waals surface area contributed by atoms with Gasteiger partial charge in [-0.3, -0.25) is 0 Å². The van der Waals surface area contributed by atoms with Crippen molar-refractivity contribution in [1.29, 1.82) is 0 Å². The first-order valence-corrected chi connectivity index (χ1v) is 5.39. The predicted molar refractivity (Wildman–Crippen MR) is 62.0 cm³/mol. The monoisotopic (exact) mass is 206 g/mol. The molecule has 3 heteroatoms. The van der Waals surface area contributed by atoms with Crippen molar-refractivity contribution in [2.75, 3.05) is 25.6 Å². The van der Waals surface area contributed by atoms with Gasteiger partial charge in [0.2, 0.25) is 0 Å². The normalized spacial score (nSPS) is 20.5. The molecule has 0 unspecified atom stereocenters. The molecule has 0 spiro atoms. The van der Waals surface area contributed by atoms with Crippen molar-refractivity contribution < 1.29 is 4.84 Å². The molecule has 0 radical (unpaired) electrons. The molecule has 1 aliphatic rings. The molecule has 15 heavy (non-hydrogen) atoms. The van der Waals surface area contributed by atoms with Gasteiger partial charge in [0.15, 0.2) is 0 Å². The molecule has 1 aromatic carbocycles. The van der Waals surface area contributed by atoms with Gasteiger partial charge in [-0.2, -0.15) is 5.48 Å². The zero-order valence-electron chi connectivity index (χ0n) is 9.36. The quantitative estimate of drug-likeness (QED) is 0.812. The number of anilines is 1. The molecule has 0 saturated carbocycles. The van der Waals surface area contributed by atoms with Crippen LogP contribution in [0.3, 0.4) is 0 Å². The summed E-state index contributed by atoms with van der Waals surface area (Å²) in [6.45, 7) is 0.831. The molecule has 0 aliphatic carbocycles. The third-order valence-corrected chi connectivity index (χ3v) is 2.73. The maximum Gasteiger partial charge on any atom is 0.0698 e. The summed E-state index contributed by atoms with van der Waals surface area (Å²) in [4.78, 5) is 7.27. The smallest absolute Gasteiger partial charge is 0.0698 e. The van der Waals surface area contributed by atoms with Crippen LogP contribution < -0.4 is 10.4 Å². The van der Waals surface area contributed by atoms with Crippen LogP contribution in [0.4, 0.5) is 5.69 Å². The molecule has 0 bridgehead atoms. The van der Waals surface area contributed by atoms with E-state index < -0.39 is 0 Å². The van der Waals surface area contributed by atoms with Gasteiger partial charge in [0.05, 0.1) is 6.61 Å². The van der Waals surface area contributed by atoms with Gasteiger partial charge in [-0.05, 0) is 30.5 Å².